The molecule has 0 saturated heterocycles. The Hall–Kier alpha value is -3.15. The van der Waals surface area contributed by atoms with Gasteiger partial charge in [-0.1, -0.05) is 207 Å². The molecule has 0 aliphatic heterocycles. The summed E-state index contributed by atoms with van der Waals surface area (Å²) < 4.78 is 25.1. The van der Waals surface area contributed by atoms with Gasteiger partial charge in [-0.15, -0.1) is 0 Å². The molecule has 1 N–H and O–H groups in total. The molecule has 0 fully saturated rings. The Balaban J connectivity index is 2.09. The van der Waals surface area contributed by atoms with Crippen LogP contribution in [0.4, 0.5) is 0 Å². The average molecular weight is 849 g/mol. The normalized spacial score (nSPS) is 11.6. The lowest BCUT2D eigenvalue weighted by atomic mass is 10.1. The van der Waals surface area contributed by atoms with E-state index in [4.69, 9.17) is 18.9 Å². The van der Waals surface area contributed by atoms with Crippen LogP contribution in [0.2, 0.25) is 0 Å². The maximum atomic E-state index is 13.7. The van der Waals surface area contributed by atoms with Gasteiger partial charge in [0.2, 0.25) is 0 Å². The van der Waals surface area contributed by atoms with E-state index >= 15 is 0 Å². The van der Waals surface area contributed by atoms with Crippen molar-refractivity contribution in [2.24, 2.45) is 0 Å². The number of hydrogen-bond acceptors (Lipinski definition) is 6. The van der Waals surface area contributed by atoms with Crippen LogP contribution in [-0.4, -0.2) is 37.3 Å². The van der Waals surface area contributed by atoms with E-state index in [1.165, 1.54) is 160 Å². The first kappa shape index (κ1) is 54.0. The number of carbonyl (C=O) groups is 1. The van der Waals surface area contributed by atoms with Gasteiger partial charge in [-0.05, 0) is 62.1 Å². The summed E-state index contributed by atoms with van der Waals surface area (Å²) >= 11 is 0. The van der Waals surface area contributed by atoms with Gasteiger partial charge in [-0.25, -0.2) is 0 Å². The van der Waals surface area contributed by atoms with Crippen LogP contribution in [0.3, 0.4) is 0 Å². The Morgan fingerprint density at radius 1 is 0.377 bits per heavy atom. The van der Waals surface area contributed by atoms with Crippen molar-refractivity contribution in [3.63, 3.8) is 0 Å². The molecule has 0 spiro atoms. The topological polar surface area (TPSA) is 74.2 Å². The van der Waals surface area contributed by atoms with Crippen LogP contribution >= 0.6 is 0 Å². The Morgan fingerprint density at radius 3 is 0.967 bits per heavy atom. The van der Waals surface area contributed by atoms with Crippen molar-refractivity contribution >= 4 is 11.5 Å². The van der Waals surface area contributed by atoms with Gasteiger partial charge >= 0.3 is 0 Å². The number of unbranched alkanes of at least 4 members (excludes halogenated alkanes) is 28. The number of aliphatic hydroxyl groups excluding tert-OH is 1. The van der Waals surface area contributed by atoms with Crippen molar-refractivity contribution < 1.29 is 28.8 Å². The zero-order chi connectivity index (χ0) is 43.9. The van der Waals surface area contributed by atoms with Gasteiger partial charge in [0.15, 0.2) is 28.8 Å². The molecule has 0 aliphatic carbocycles. The third kappa shape index (κ3) is 27.5. The van der Waals surface area contributed by atoms with Gasteiger partial charge in [0.1, 0.15) is 5.76 Å². The molecule has 0 heterocycles. The smallest absolute Gasteiger partial charge is 0.189 e. The van der Waals surface area contributed by atoms with Crippen LogP contribution in [0.5, 0.6) is 23.0 Å². The Bertz CT molecular complexity index is 1370. The molecular formula is C55H92O6. The lowest BCUT2D eigenvalue weighted by Gasteiger charge is -2.15. The van der Waals surface area contributed by atoms with E-state index in [1.807, 2.05) is 24.3 Å². The molecule has 0 aliphatic rings. The van der Waals surface area contributed by atoms with Crippen LogP contribution in [0.15, 0.2) is 42.5 Å². The number of rotatable bonds is 43. The standard InChI is InChI=1S/C55H92O6/c1-5-9-13-17-21-25-29-33-41-58-52-39-37-48(45-54(52)60-43-35-31-27-23-19-15-11-7-3)50(56)47-51(57)49-38-40-53(59-42-34-30-26-22-18-14-10-6-2)55(46-49)61-44-36-32-28-24-20-16-12-8-4/h37-40,45-47,56H,5-36,41-44H2,1-4H3/b50-47-. The van der Waals surface area contributed by atoms with Crippen molar-refractivity contribution in [1.29, 1.82) is 0 Å². The van der Waals surface area contributed by atoms with Gasteiger partial charge < -0.3 is 24.1 Å². The second-order valence-corrected chi connectivity index (χ2v) is 17.5. The summed E-state index contributed by atoms with van der Waals surface area (Å²) in [6, 6.07) is 10.9. The highest BCUT2D eigenvalue weighted by Gasteiger charge is 2.15. The fourth-order valence-corrected chi connectivity index (χ4v) is 7.76. The first-order valence-electron chi connectivity index (χ1n) is 25.8. The third-order valence-electron chi connectivity index (χ3n) is 11.8. The van der Waals surface area contributed by atoms with E-state index in [2.05, 4.69) is 27.7 Å². The van der Waals surface area contributed by atoms with Crippen LogP contribution in [0, 0.1) is 0 Å². The zero-order valence-corrected chi connectivity index (χ0v) is 40.0. The number of hydrogen-bond donors (Lipinski definition) is 1. The monoisotopic (exact) mass is 849 g/mol. The number of aliphatic hydroxyl groups is 1. The van der Waals surface area contributed by atoms with E-state index in [0.29, 0.717) is 60.6 Å². The zero-order valence-electron chi connectivity index (χ0n) is 40.0. The summed E-state index contributed by atoms with van der Waals surface area (Å²) in [4.78, 5) is 13.7. The molecule has 6 heteroatoms. The maximum Gasteiger partial charge on any atom is 0.189 e. The van der Waals surface area contributed by atoms with Crippen LogP contribution < -0.4 is 18.9 Å². The van der Waals surface area contributed by atoms with Crippen molar-refractivity contribution in [1.82, 2.24) is 0 Å². The van der Waals surface area contributed by atoms with E-state index in [1.54, 1.807) is 12.1 Å². The van der Waals surface area contributed by atoms with Crippen LogP contribution in [0.1, 0.15) is 249 Å². The van der Waals surface area contributed by atoms with Gasteiger partial charge in [0, 0.05) is 17.2 Å². The Morgan fingerprint density at radius 2 is 0.639 bits per heavy atom. The predicted octanol–water partition coefficient (Wildman–Crippen LogP) is 17.5. The highest BCUT2D eigenvalue weighted by atomic mass is 16.5. The van der Waals surface area contributed by atoms with Crippen LogP contribution in [0.25, 0.3) is 5.76 Å². The van der Waals surface area contributed by atoms with Gasteiger partial charge in [-0.3, -0.25) is 4.79 Å². The molecule has 2 aromatic carbocycles. The maximum absolute atomic E-state index is 13.7. The Kier molecular flexibility index (Phi) is 34.1. The molecule has 0 amide bonds. The average Bonchev–Trinajstić information content (AvgIpc) is 3.27. The lowest BCUT2D eigenvalue weighted by Crippen LogP contribution is -2.05. The fraction of sp³-hybridized carbons (Fsp3) is 0.727. The number of benzene rings is 2. The lowest BCUT2D eigenvalue weighted by molar-refractivity contribution is 0.104. The predicted molar refractivity (Wildman–Crippen MR) is 260 cm³/mol. The van der Waals surface area contributed by atoms with E-state index < -0.39 is 0 Å². The molecule has 6 nitrogen and oxygen atoms in total. The molecule has 0 radical (unpaired) electrons. The highest BCUT2D eigenvalue weighted by Crippen LogP contribution is 2.33. The molecule has 2 rings (SSSR count). The summed E-state index contributed by atoms with van der Waals surface area (Å²) in [7, 11) is 0. The molecule has 0 bridgehead atoms. The second-order valence-electron chi connectivity index (χ2n) is 17.5. The molecule has 0 saturated carbocycles. The second kappa shape index (κ2) is 38.5. The molecule has 61 heavy (non-hydrogen) atoms. The van der Waals surface area contributed by atoms with Crippen molar-refractivity contribution in [3.05, 3.63) is 53.6 Å². The summed E-state index contributed by atoms with van der Waals surface area (Å²) in [5.74, 6) is 2.17. The SMILES string of the molecule is CCCCCCCCCCOc1ccc(C(=O)/C=C(\O)c2ccc(OCCCCCCCCCC)c(OCCCCCCCCCC)c2)cc1OCCCCCCCCCC. The van der Waals surface area contributed by atoms with E-state index in [9.17, 15) is 9.90 Å². The van der Waals surface area contributed by atoms with Gasteiger partial charge in [0.05, 0.1) is 26.4 Å². The van der Waals surface area contributed by atoms with Crippen molar-refractivity contribution in [2.75, 3.05) is 26.4 Å². The minimum Gasteiger partial charge on any atom is -0.507 e. The number of carbonyl (C=O) groups excluding carboxylic acids is 1. The van der Waals surface area contributed by atoms with Gasteiger partial charge in [-0.2, -0.15) is 0 Å². The number of ether oxygens (including phenoxy) is 4. The quantitative estimate of drug-likeness (QED) is 0.0310. The number of ketones is 1. The summed E-state index contributed by atoms with van der Waals surface area (Å²) in [6.45, 7) is 11.4. The molecule has 348 valence electrons. The van der Waals surface area contributed by atoms with E-state index in [-0.39, 0.29) is 11.5 Å². The first-order valence-corrected chi connectivity index (χ1v) is 25.8. The third-order valence-corrected chi connectivity index (χ3v) is 11.8. The minimum atomic E-state index is -0.291. The van der Waals surface area contributed by atoms with Gasteiger partial charge in [0.25, 0.3) is 0 Å². The van der Waals surface area contributed by atoms with Crippen molar-refractivity contribution in [2.45, 2.75) is 233 Å². The summed E-state index contributed by atoms with van der Waals surface area (Å²) in [5.41, 5.74) is 0.976. The molecule has 0 unspecified atom stereocenters. The Labute approximate surface area is 375 Å². The number of allylic oxidation sites excluding steroid dienone is 1. The molecule has 2 aromatic rings. The molecular weight excluding hydrogens is 757 g/mol. The summed E-state index contributed by atoms with van der Waals surface area (Å²) in [6.07, 6.45) is 40.8. The largest absolute Gasteiger partial charge is 0.507 e. The summed E-state index contributed by atoms with van der Waals surface area (Å²) in [5, 5.41) is 11.3. The molecule has 0 aromatic heterocycles. The van der Waals surface area contributed by atoms with E-state index in [0.717, 1.165) is 51.4 Å². The van der Waals surface area contributed by atoms with Crippen LogP contribution in [-0.2, 0) is 0 Å². The van der Waals surface area contributed by atoms with Crippen molar-refractivity contribution in [3.8, 4) is 23.0 Å². The fourth-order valence-electron chi connectivity index (χ4n) is 7.76. The molecule has 0 atom stereocenters. The highest BCUT2D eigenvalue weighted by molar-refractivity contribution is 6.08. The first-order chi connectivity index (χ1) is 30.0. The minimum absolute atomic E-state index is 0.104.